The van der Waals surface area contributed by atoms with E-state index >= 15 is 0 Å². The number of hydrogen-bond acceptors (Lipinski definition) is 14. The summed E-state index contributed by atoms with van der Waals surface area (Å²) >= 11 is 0. The lowest BCUT2D eigenvalue weighted by atomic mass is 10.1. The van der Waals surface area contributed by atoms with Gasteiger partial charge in [0.15, 0.2) is 6.10 Å². The van der Waals surface area contributed by atoms with Crippen molar-refractivity contribution in [1.82, 2.24) is 0 Å². The summed E-state index contributed by atoms with van der Waals surface area (Å²) < 4.78 is 60.6. The van der Waals surface area contributed by atoms with Gasteiger partial charge in [0.05, 0.1) is 26.4 Å². The maximum atomic E-state index is 12.8. The molecule has 0 saturated heterocycles. The van der Waals surface area contributed by atoms with E-state index in [1.807, 2.05) is 0 Å². The first kappa shape index (κ1) is 76.0. The van der Waals surface area contributed by atoms with Crippen LogP contribution in [0.3, 0.4) is 0 Å². The number of rotatable bonds is 57. The number of phosphoric ester groups is 2. The number of carbonyl (C=O) groups excluding carboxylic acids is 3. The maximum absolute atomic E-state index is 12.8. The molecule has 0 rings (SSSR count). The fourth-order valence-corrected chi connectivity index (χ4v) is 9.32. The number of hydrogen-bond donors (Lipinski definition) is 4. The summed E-state index contributed by atoms with van der Waals surface area (Å²) in [5.41, 5.74) is 0. The molecule has 5 unspecified atom stereocenters. The van der Waals surface area contributed by atoms with Crippen molar-refractivity contribution in [2.75, 3.05) is 39.6 Å². The summed E-state index contributed by atoms with van der Waals surface area (Å²) in [7, 11) is -9.76. The summed E-state index contributed by atoms with van der Waals surface area (Å²) in [6.45, 7) is 2.42. The van der Waals surface area contributed by atoms with Crippen molar-refractivity contribution in [3.63, 3.8) is 0 Å². The predicted octanol–water partition coefficient (Wildman–Crippen LogP) is 15.6. The number of esters is 3. The van der Waals surface area contributed by atoms with Gasteiger partial charge in [0.25, 0.3) is 0 Å². The van der Waals surface area contributed by atoms with Gasteiger partial charge < -0.3 is 34.2 Å². The van der Waals surface area contributed by atoms with Crippen molar-refractivity contribution < 1.29 is 75.8 Å². The molecular weight excluding hydrogens is 1050 g/mol. The number of unbranched alkanes of at least 4 members (excludes halogenated alkanes) is 22. The third kappa shape index (κ3) is 56.6. The lowest BCUT2D eigenvalue weighted by molar-refractivity contribution is -0.161. The van der Waals surface area contributed by atoms with Crippen LogP contribution >= 0.6 is 15.6 Å². The van der Waals surface area contributed by atoms with E-state index in [9.17, 15) is 43.5 Å². The summed E-state index contributed by atoms with van der Waals surface area (Å²) in [6.07, 6.45) is 54.0. The zero-order valence-corrected chi connectivity index (χ0v) is 50.8. The van der Waals surface area contributed by atoms with Gasteiger partial charge in [-0.25, -0.2) is 9.13 Å². The van der Waals surface area contributed by atoms with Gasteiger partial charge in [-0.3, -0.25) is 32.5 Å². The van der Waals surface area contributed by atoms with Gasteiger partial charge in [-0.1, -0.05) is 190 Å². The molecule has 0 bridgehead atoms. The average molecular weight is 1160 g/mol. The highest BCUT2D eigenvalue weighted by Crippen LogP contribution is 2.45. The smallest absolute Gasteiger partial charge is 0.463 e. The number of aliphatic hydroxyl groups excluding tert-OH is 2. The molecule has 0 aromatic rings. The second-order valence-electron chi connectivity index (χ2n) is 20.1. The molecule has 16 nitrogen and oxygen atoms in total. The quantitative estimate of drug-likeness (QED) is 0.0146. The van der Waals surface area contributed by atoms with E-state index in [1.165, 1.54) is 38.5 Å². The van der Waals surface area contributed by atoms with Gasteiger partial charge in [0.2, 0.25) is 0 Å². The zero-order valence-electron chi connectivity index (χ0n) is 49.0. The van der Waals surface area contributed by atoms with E-state index in [4.69, 9.17) is 32.3 Å². The molecule has 5 atom stereocenters. The lowest BCUT2D eigenvalue weighted by Gasteiger charge is -2.21. The average Bonchev–Trinajstić information content (AvgIpc) is 3.42. The fourth-order valence-electron chi connectivity index (χ4n) is 7.73. The normalized spacial score (nSPS) is 15.0. The standard InChI is InChI=1S/C61H108O16P2/c1-4-7-10-13-16-19-22-25-27-30-32-35-38-41-44-47-59(64)71-50-56(62)51-73-78(67,68)74-52-57(63)53-75-79(69,70)76-55-58(77-61(66)49-46-43-40-37-34-29-24-21-18-15-12-9-6-3)54-72-60(65)48-45-42-39-36-33-31-28-26-23-20-17-14-11-8-5-2/h7,10,12,15-16,19,21,24-28,56-58,62-63H,4-6,8-9,11,13-14,17-18,20,22-23,29-55H2,1-3H3,(H,67,68)(H,69,70)/b10-7-,15-12-,19-16-,24-21-,27-25-,28-26-. The first-order chi connectivity index (χ1) is 38.2. The molecule has 0 heterocycles. The largest absolute Gasteiger partial charge is 0.472 e. The Bertz CT molecular complexity index is 1750. The Morgan fingerprint density at radius 3 is 1.13 bits per heavy atom. The van der Waals surface area contributed by atoms with Gasteiger partial charge in [-0.15, -0.1) is 0 Å². The number of ether oxygens (including phenoxy) is 3. The van der Waals surface area contributed by atoms with E-state index < -0.39 is 91.5 Å². The topological polar surface area (TPSA) is 231 Å². The molecule has 18 heteroatoms. The first-order valence-corrected chi connectivity index (χ1v) is 33.2. The number of phosphoric acid groups is 2. The van der Waals surface area contributed by atoms with Crippen molar-refractivity contribution in [2.24, 2.45) is 0 Å². The molecule has 0 aliphatic carbocycles. The van der Waals surface area contributed by atoms with E-state index in [2.05, 4.69) is 93.7 Å². The van der Waals surface area contributed by atoms with Crippen molar-refractivity contribution in [3.8, 4) is 0 Å². The third-order valence-electron chi connectivity index (χ3n) is 12.4. The van der Waals surface area contributed by atoms with E-state index in [-0.39, 0.29) is 19.3 Å². The van der Waals surface area contributed by atoms with Crippen LogP contribution in [0, 0.1) is 0 Å². The molecule has 4 N–H and O–H groups in total. The zero-order chi connectivity index (χ0) is 58.2. The Morgan fingerprint density at radius 2 is 0.696 bits per heavy atom. The number of carbonyl (C=O) groups is 3. The first-order valence-electron chi connectivity index (χ1n) is 30.2. The van der Waals surface area contributed by atoms with E-state index in [0.717, 1.165) is 141 Å². The van der Waals surface area contributed by atoms with Crippen LogP contribution in [-0.4, -0.2) is 95.9 Å². The van der Waals surface area contributed by atoms with Crippen molar-refractivity contribution >= 4 is 33.6 Å². The van der Waals surface area contributed by atoms with Crippen LogP contribution in [0.1, 0.15) is 239 Å². The molecule has 0 fully saturated rings. The monoisotopic (exact) mass is 1160 g/mol. The molecule has 0 spiro atoms. The van der Waals surface area contributed by atoms with Crippen LogP contribution in [0.25, 0.3) is 0 Å². The summed E-state index contributed by atoms with van der Waals surface area (Å²) in [4.78, 5) is 58.1. The minimum absolute atomic E-state index is 0.0873. The highest BCUT2D eigenvalue weighted by molar-refractivity contribution is 7.47. The Morgan fingerprint density at radius 1 is 0.367 bits per heavy atom. The molecule has 0 radical (unpaired) electrons. The van der Waals surface area contributed by atoms with Crippen LogP contribution in [0.4, 0.5) is 0 Å². The Labute approximate surface area is 477 Å². The molecule has 0 saturated carbocycles. The van der Waals surface area contributed by atoms with E-state index in [0.29, 0.717) is 19.3 Å². The van der Waals surface area contributed by atoms with Gasteiger partial charge in [0.1, 0.15) is 25.4 Å². The molecular formula is C61H108O16P2. The predicted molar refractivity (Wildman–Crippen MR) is 316 cm³/mol. The summed E-state index contributed by atoms with van der Waals surface area (Å²) in [6, 6.07) is 0. The second kappa shape index (κ2) is 55.5. The molecule has 458 valence electrons. The molecule has 0 aliphatic heterocycles. The number of aliphatic hydroxyl groups is 2. The van der Waals surface area contributed by atoms with E-state index in [1.54, 1.807) is 0 Å². The van der Waals surface area contributed by atoms with Gasteiger partial charge in [-0.05, 0) is 103 Å². The van der Waals surface area contributed by atoms with Gasteiger partial charge >= 0.3 is 33.6 Å². The summed E-state index contributed by atoms with van der Waals surface area (Å²) in [5.74, 6) is -1.62. The summed E-state index contributed by atoms with van der Waals surface area (Å²) in [5, 5.41) is 20.4. The van der Waals surface area contributed by atoms with Gasteiger partial charge in [-0.2, -0.15) is 0 Å². The van der Waals surface area contributed by atoms with Crippen LogP contribution in [-0.2, 0) is 55.8 Å². The van der Waals surface area contributed by atoms with Crippen molar-refractivity contribution in [3.05, 3.63) is 72.9 Å². The molecule has 79 heavy (non-hydrogen) atoms. The lowest BCUT2D eigenvalue weighted by Crippen LogP contribution is -2.30. The molecule has 0 amide bonds. The van der Waals surface area contributed by atoms with Crippen LogP contribution in [0.5, 0.6) is 0 Å². The molecule has 0 aromatic heterocycles. The maximum Gasteiger partial charge on any atom is 0.472 e. The van der Waals surface area contributed by atoms with Crippen LogP contribution in [0.15, 0.2) is 72.9 Å². The Kier molecular flexibility index (Phi) is 53.4. The number of allylic oxidation sites excluding steroid dienone is 12. The highest BCUT2D eigenvalue weighted by atomic mass is 31.2. The Hall–Kier alpha value is -3.01. The third-order valence-corrected chi connectivity index (χ3v) is 14.3. The van der Waals surface area contributed by atoms with Crippen molar-refractivity contribution in [1.29, 1.82) is 0 Å². The Balaban J connectivity index is 4.72. The van der Waals surface area contributed by atoms with Crippen molar-refractivity contribution in [2.45, 2.75) is 257 Å². The molecule has 0 aromatic carbocycles. The SMILES string of the molecule is CC/C=C\C/C=C\C/C=C\CCCCCCCC(=O)OCC(O)COP(=O)(O)OCC(O)COP(=O)(O)OCC(COC(=O)CCCCCCC/C=C\CCCCCCCC)OC(=O)CCCCCCC/C=C\C/C=C\CCC. The van der Waals surface area contributed by atoms with Crippen LogP contribution < -0.4 is 0 Å². The minimum Gasteiger partial charge on any atom is -0.463 e. The molecule has 0 aliphatic rings. The highest BCUT2D eigenvalue weighted by Gasteiger charge is 2.29. The fraction of sp³-hybridized carbons (Fsp3) is 0.754. The van der Waals surface area contributed by atoms with Gasteiger partial charge in [0, 0.05) is 19.3 Å². The second-order valence-corrected chi connectivity index (χ2v) is 23.0. The minimum atomic E-state index is -4.92. The van der Waals surface area contributed by atoms with Crippen LogP contribution in [0.2, 0.25) is 0 Å².